The monoisotopic (exact) mass is 290 g/mol. The van der Waals surface area contributed by atoms with Crippen LogP contribution in [0.25, 0.3) is 0 Å². The molecule has 1 N–H and O–H groups in total. The van der Waals surface area contributed by atoms with Crippen molar-refractivity contribution in [2.75, 3.05) is 0 Å². The average molecular weight is 290 g/mol. The number of hydrogen-bond donors (Lipinski definition) is 1. The van der Waals surface area contributed by atoms with Crippen molar-refractivity contribution in [3.8, 4) is 0 Å². The summed E-state index contributed by atoms with van der Waals surface area (Å²) < 4.78 is 0. The zero-order valence-corrected chi connectivity index (χ0v) is 14.5. The maximum Gasteiger partial charge on any atom is 0.0650 e. The first-order valence-corrected chi connectivity index (χ1v) is 9.16. The molecule has 120 valence electrons. The maximum atomic E-state index is 11.0. The predicted octanol–water partition coefficient (Wildman–Crippen LogP) is 5.19. The highest BCUT2D eigenvalue weighted by Gasteiger charge is 2.57. The largest absolute Gasteiger partial charge is 0.390 e. The Morgan fingerprint density at radius 1 is 1.14 bits per heavy atom. The Kier molecular flexibility index (Phi) is 3.80. The Bertz CT molecular complexity index is 422. The third-order valence-electron chi connectivity index (χ3n) is 7.45. The molecule has 0 aliphatic heterocycles. The molecule has 0 bridgehead atoms. The molecule has 0 aromatic rings. The second-order valence-electron chi connectivity index (χ2n) is 9.17. The van der Waals surface area contributed by atoms with Gasteiger partial charge in [-0.15, -0.1) is 0 Å². The van der Waals surface area contributed by atoms with Gasteiger partial charge in [0.2, 0.25) is 0 Å². The predicted molar refractivity (Wildman–Crippen MR) is 89.0 cm³/mol. The van der Waals surface area contributed by atoms with Crippen molar-refractivity contribution < 1.29 is 5.11 Å². The van der Waals surface area contributed by atoms with E-state index in [4.69, 9.17) is 0 Å². The zero-order chi connectivity index (χ0) is 15.4. The minimum atomic E-state index is -0.449. The van der Waals surface area contributed by atoms with E-state index in [-0.39, 0.29) is 0 Å². The van der Waals surface area contributed by atoms with Crippen LogP contribution in [0.3, 0.4) is 0 Å². The van der Waals surface area contributed by atoms with E-state index in [0.717, 1.165) is 18.3 Å². The standard InChI is InChI=1S/C20H34O/c1-13(2)15-8-12-20(5,21)16-9-11-19(4)10-6-7-14(3)18(19)17(15)16/h13,15-18,21H,3,6-12H2,1-2,4-5H3. The quantitative estimate of drug-likeness (QED) is 0.659. The SMILES string of the molecule is C=C1CCCC2(C)CCC3C(C(C(C)C)CCC3(C)O)C12. The fourth-order valence-electron chi connectivity index (χ4n) is 6.34. The van der Waals surface area contributed by atoms with Gasteiger partial charge in [0.1, 0.15) is 0 Å². The van der Waals surface area contributed by atoms with Crippen molar-refractivity contribution >= 4 is 0 Å². The summed E-state index contributed by atoms with van der Waals surface area (Å²) in [5.41, 5.74) is 1.51. The van der Waals surface area contributed by atoms with Crippen LogP contribution in [0.1, 0.15) is 72.6 Å². The van der Waals surface area contributed by atoms with E-state index in [9.17, 15) is 5.11 Å². The Hall–Kier alpha value is -0.300. The molecule has 3 rings (SSSR count). The van der Waals surface area contributed by atoms with Crippen LogP contribution < -0.4 is 0 Å². The molecule has 0 heterocycles. The van der Waals surface area contributed by atoms with Crippen LogP contribution in [0.15, 0.2) is 12.2 Å². The Balaban J connectivity index is 2.01. The Morgan fingerprint density at radius 2 is 1.86 bits per heavy atom. The summed E-state index contributed by atoms with van der Waals surface area (Å²) in [6.07, 6.45) is 8.62. The van der Waals surface area contributed by atoms with Crippen LogP contribution >= 0.6 is 0 Å². The van der Waals surface area contributed by atoms with Crippen molar-refractivity contribution in [1.82, 2.24) is 0 Å². The first-order chi connectivity index (χ1) is 9.76. The van der Waals surface area contributed by atoms with Crippen LogP contribution in [-0.2, 0) is 0 Å². The molecule has 0 amide bonds. The molecule has 6 atom stereocenters. The molecule has 0 aromatic carbocycles. The maximum absolute atomic E-state index is 11.0. The zero-order valence-electron chi connectivity index (χ0n) is 14.5. The molecule has 3 aliphatic rings. The third kappa shape index (κ3) is 2.40. The van der Waals surface area contributed by atoms with Gasteiger partial charge in [-0.2, -0.15) is 0 Å². The number of hydrogen-bond acceptors (Lipinski definition) is 1. The van der Waals surface area contributed by atoms with E-state index in [2.05, 4.69) is 34.3 Å². The van der Waals surface area contributed by atoms with Gasteiger partial charge in [-0.1, -0.05) is 32.9 Å². The van der Waals surface area contributed by atoms with Crippen molar-refractivity contribution in [3.63, 3.8) is 0 Å². The van der Waals surface area contributed by atoms with Crippen molar-refractivity contribution in [1.29, 1.82) is 0 Å². The van der Waals surface area contributed by atoms with Gasteiger partial charge in [-0.25, -0.2) is 0 Å². The molecule has 1 heteroatoms. The molecule has 6 unspecified atom stereocenters. The summed E-state index contributed by atoms with van der Waals surface area (Å²) in [5.74, 6) is 3.32. The molecule has 0 aromatic heterocycles. The average Bonchev–Trinajstić information content (AvgIpc) is 2.36. The van der Waals surface area contributed by atoms with Gasteiger partial charge in [-0.05, 0) is 86.9 Å². The van der Waals surface area contributed by atoms with Gasteiger partial charge in [0.15, 0.2) is 0 Å². The summed E-state index contributed by atoms with van der Waals surface area (Å²) in [4.78, 5) is 0. The lowest BCUT2D eigenvalue weighted by Gasteiger charge is -2.61. The van der Waals surface area contributed by atoms with E-state index in [1.165, 1.54) is 44.1 Å². The number of aliphatic hydroxyl groups is 1. The van der Waals surface area contributed by atoms with Gasteiger partial charge in [0.25, 0.3) is 0 Å². The minimum absolute atomic E-state index is 0.449. The van der Waals surface area contributed by atoms with Gasteiger partial charge in [-0.3, -0.25) is 0 Å². The summed E-state index contributed by atoms with van der Waals surface area (Å²) in [6.45, 7) is 13.9. The first kappa shape index (κ1) is 15.6. The van der Waals surface area contributed by atoms with Crippen LogP contribution in [0.2, 0.25) is 0 Å². The number of fused-ring (bicyclic) bond motifs is 3. The highest BCUT2D eigenvalue weighted by Crippen LogP contribution is 2.62. The summed E-state index contributed by atoms with van der Waals surface area (Å²) in [5, 5.41) is 11.0. The molecule has 3 fully saturated rings. The van der Waals surface area contributed by atoms with Crippen molar-refractivity contribution in [2.24, 2.45) is 35.0 Å². The fourth-order valence-corrected chi connectivity index (χ4v) is 6.34. The van der Waals surface area contributed by atoms with E-state index >= 15 is 0 Å². The normalized spacial score (nSPS) is 50.7. The van der Waals surface area contributed by atoms with E-state index < -0.39 is 5.60 Å². The molecule has 1 nitrogen and oxygen atoms in total. The van der Waals surface area contributed by atoms with E-state index in [0.29, 0.717) is 23.2 Å². The fraction of sp³-hybridized carbons (Fsp3) is 0.900. The van der Waals surface area contributed by atoms with Gasteiger partial charge in [0.05, 0.1) is 5.60 Å². The van der Waals surface area contributed by atoms with Gasteiger partial charge < -0.3 is 5.11 Å². The lowest BCUT2D eigenvalue weighted by atomic mass is 9.45. The van der Waals surface area contributed by atoms with E-state index in [1.54, 1.807) is 0 Å². The van der Waals surface area contributed by atoms with Crippen LogP contribution in [0, 0.1) is 35.0 Å². The number of allylic oxidation sites excluding steroid dienone is 1. The van der Waals surface area contributed by atoms with E-state index in [1.807, 2.05) is 0 Å². The first-order valence-electron chi connectivity index (χ1n) is 9.16. The smallest absolute Gasteiger partial charge is 0.0650 e. The van der Waals surface area contributed by atoms with Crippen LogP contribution in [0.5, 0.6) is 0 Å². The highest BCUT2D eigenvalue weighted by molar-refractivity contribution is 5.18. The topological polar surface area (TPSA) is 20.2 Å². The Labute approximate surface area is 131 Å². The molecule has 21 heavy (non-hydrogen) atoms. The van der Waals surface area contributed by atoms with Crippen molar-refractivity contribution in [3.05, 3.63) is 12.2 Å². The molecule has 0 radical (unpaired) electrons. The molecule has 3 aliphatic carbocycles. The molecule has 0 spiro atoms. The molecule has 0 saturated heterocycles. The molecule has 3 saturated carbocycles. The lowest BCUT2D eigenvalue weighted by Crippen LogP contribution is -2.57. The number of rotatable bonds is 1. The van der Waals surface area contributed by atoms with Crippen LogP contribution in [-0.4, -0.2) is 10.7 Å². The highest BCUT2D eigenvalue weighted by atomic mass is 16.3. The Morgan fingerprint density at radius 3 is 2.52 bits per heavy atom. The summed E-state index contributed by atoms with van der Waals surface area (Å²) >= 11 is 0. The summed E-state index contributed by atoms with van der Waals surface area (Å²) in [7, 11) is 0. The second kappa shape index (κ2) is 5.11. The molecular formula is C20H34O. The van der Waals surface area contributed by atoms with Gasteiger partial charge >= 0.3 is 0 Å². The van der Waals surface area contributed by atoms with Gasteiger partial charge in [0, 0.05) is 0 Å². The van der Waals surface area contributed by atoms with Crippen molar-refractivity contribution in [2.45, 2.75) is 78.2 Å². The lowest BCUT2D eigenvalue weighted by molar-refractivity contribution is -0.147. The summed E-state index contributed by atoms with van der Waals surface area (Å²) in [6, 6.07) is 0. The second-order valence-corrected chi connectivity index (χ2v) is 9.17. The van der Waals surface area contributed by atoms with Crippen LogP contribution in [0.4, 0.5) is 0 Å². The minimum Gasteiger partial charge on any atom is -0.390 e. The molecular weight excluding hydrogens is 256 g/mol. The third-order valence-corrected chi connectivity index (χ3v) is 7.45.